The van der Waals surface area contributed by atoms with Crippen LogP contribution in [0.5, 0.6) is 0 Å². The van der Waals surface area contributed by atoms with Crippen LogP contribution in [0.15, 0.2) is 212 Å². The van der Waals surface area contributed by atoms with E-state index in [2.05, 4.69) is 194 Å². The smallest absolute Gasteiger partial charge is 0.0711 e. The molecule has 6 aromatic carbocycles. The molecule has 0 saturated heterocycles. The Balaban J connectivity index is 1.15. The van der Waals surface area contributed by atoms with E-state index < -0.39 is 0 Å². The summed E-state index contributed by atoms with van der Waals surface area (Å²) in [5, 5.41) is 0. The molecule has 0 fully saturated rings. The zero-order valence-corrected chi connectivity index (χ0v) is 30.2. The molecule has 1 atom stereocenters. The minimum atomic E-state index is 0.181. The Morgan fingerprint density at radius 3 is 1.81 bits per heavy atom. The molecular weight excluding hydrogens is 653 g/mol. The maximum absolute atomic E-state index is 6.77. The first-order valence-corrected chi connectivity index (χ1v) is 18.7. The highest BCUT2D eigenvalue weighted by Gasteiger charge is 2.17. The van der Waals surface area contributed by atoms with Gasteiger partial charge in [-0.25, -0.2) is 0 Å². The molecule has 0 radical (unpaired) electrons. The van der Waals surface area contributed by atoms with Crippen LogP contribution in [0.2, 0.25) is 0 Å². The molecule has 8 rings (SSSR count). The van der Waals surface area contributed by atoms with Crippen molar-refractivity contribution in [2.24, 2.45) is 5.73 Å². The molecule has 0 spiro atoms. The highest BCUT2D eigenvalue weighted by Crippen LogP contribution is 2.35. The number of aromatic nitrogens is 1. The fourth-order valence-corrected chi connectivity index (χ4v) is 7.06. The molecular formula is C52H42N2. The van der Waals surface area contributed by atoms with E-state index in [1.807, 2.05) is 18.2 Å². The van der Waals surface area contributed by atoms with Crippen LogP contribution in [0.25, 0.3) is 50.4 Å². The van der Waals surface area contributed by atoms with Gasteiger partial charge >= 0.3 is 0 Å². The summed E-state index contributed by atoms with van der Waals surface area (Å²) in [5.41, 5.74) is 22.3. The average Bonchev–Trinajstić information content (AvgIpc) is 3.26. The third-order valence-electron chi connectivity index (χ3n) is 10.1. The van der Waals surface area contributed by atoms with E-state index in [0.29, 0.717) is 0 Å². The van der Waals surface area contributed by atoms with Crippen molar-refractivity contribution in [1.82, 2.24) is 4.98 Å². The van der Waals surface area contributed by atoms with Crippen LogP contribution >= 0.6 is 0 Å². The summed E-state index contributed by atoms with van der Waals surface area (Å²) in [7, 11) is 0. The lowest BCUT2D eigenvalue weighted by atomic mass is 9.89. The summed E-state index contributed by atoms with van der Waals surface area (Å²) in [6.45, 7) is 0. The number of hydrogen-bond donors (Lipinski definition) is 1. The summed E-state index contributed by atoms with van der Waals surface area (Å²) >= 11 is 0. The topological polar surface area (TPSA) is 38.9 Å². The number of nitrogens with two attached hydrogens (primary N) is 1. The Morgan fingerprint density at radius 1 is 0.556 bits per heavy atom. The van der Waals surface area contributed by atoms with Crippen molar-refractivity contribution in [2.75, 3.05) is 0 Å². The molecule has 0 saturated carbocycles. The van der Waals surface area contributed by atoms with E-state index in [0.717, 1.165) is 63.3 Å². The number of allylic oxidation sites excluding steroid dienone is 7. The van der Waals surface area contributed by atoms with Crippen molar-refractivity contribution in [3.63, 3.8) is 0 Å². The molecule has 0 bridgehead atoms. The van der Waals surface area contributed by atoms with Crippen LogP contribution < -0.4 is 5.73 Å². The van der Waals surface area contributed by atoms with Gasteiger partial charge in [-0.3, -0.25) is 4.98 Å². The Bertz CT molecular complexity index is 2460. The predicted octanol–water partition coefficient (Wildman–Crippen LogP) is 12.8. The lowest BCUT2D eigenvalue weighted by Gasteiger charge is -2.19. The molecule has 0 aliphatic heterocycles. The number of rotatable bonds is 10. The monoisotopic (exact) mass is 694 g/mol. The third-order valence-corrected chi connectivity index (χ3v) is 10.1. The minimum absolute atomic E-state index is 0.181. The number of nitrogens with zero attached hydrogens (tertiary/aromatic N) is 1. The largest absolute Gasteiger partial charge is 0.398 e. The van der Waals surface area contributed by atoms with E-state index in [1.165, 1.54) is 27.8 Å². The van der Waals surface area contributed by atoms with Gasteiger partial charge in [-0.2, -0.15) is 0 Å². The first kappa shape index (κ1) is 34.3. The van der Waals surface area contributed by atoms with Crippen LogP contribution in [-0.2, 0) is 6.42 Å². The summed E-state index contributed by atoms with van der Waals surface area (Å²) in [6, 6.07) is 64.0. The van der Waals surface area contributed by atoms with Crippen LogP contribution in [0.1, 0.15) is 40.3 Å². The number of pyridine rings is 1. The lowest BCUT2D eigenvalue weighted by Crippen LogP contribution is -2.03. The molecule has 2 N–H and O–H groups in total. The Kier molecular flexibility index (Phi) is 10.3. The number of hydrogen-bond acceptors (Lipinski definition) is 2. The SMILES string of the molecule is N/C(=C\C(=C/Cc1ccc(-c2ccccc2)cc1)c1cccc(-c2cc(-c3ccccc3)nc(C3C=CC(c4ccccc4)=CC3)c2)c1)c1ccccc1. The van der Waals surface area contributed by atoms with Gasteiger partial charge in [0.05, 0.1) is 5.69 Å². The van der Waals surface area contributed by atoms with Crippen LogP contribution in [0.3, 0.4) is 0 Å². The second-order valence-corrected chi connectivity index (χ2v) is 13.7. The molecule has 0 amide bonds. The molecule has 1 unspecified atom stereocenters. The first-order chi connectivity index (χ1) is 26.7. The van der Waals surface area contributed by atoms with E-state index >= 15 is 0 Å². The van der Waals surface area contributed by atoms with Gasteiger partial charge in [-0.1, -0.05) is 188 Å². The molecule has 2 heteroatoms. The van der Waals surface area contributed by atoms with E-state index in [1.54, 1.807) is 0 Å². The number of benzene rings is 6. The third kappa shape index (κ3) is 8.14. The highest BCUT2D eigenvalue weighted by molar-refractivity contribution is 5.85. The van der Waals surface area contributed by atoms with Crippen LogP contribution in [0, 0.1) is 0 Å². The second kappa shape index (κ2) is 16.3. The van der Waals surface area contributed by atoms with Gasteiger partial charge in [-0.05, 0) is 92.8 Å². The first-order valence-electron chi connectivity index (χ1n) is 18.7. The van der Waals surface area contributed by atoms with Crippen molar-refractivity contribution >= 4 is 16.8 Å². The maximum atomic E-state index is 6.77. The van der Waals surface area contributed by atoms with Crippen molar-refractivity contribution in [3.8, 4) is 33.5 Å². The summed E-state index contributed by atoms with van der Waals surface area (Å²) in [4.78, 5) is 5.25. The van der Waals surface area contributed by atoms with Gasteiger partial charge in [0.1, 0.15) is 0 Å². The van der Waals surface area contributed by atoms with Crippen molar-refractivity contribution in [3.05, 3.63) is 240 Å². The van der Waals surface area contributed by atoms with E-state index in [4.69, 9.17) is 10.7 Å². The Morgan fingerprint density at radius 2 is 1.15 bits per heavy atom. The van der Waals surface area contributed by atoms with Gasteiger partial charge in [-0.15, -0.1) is 0 Å². The highest BCUT2D eigenvalue weighted by atomic mass is 14.7. The van der Waals surface area contributed by atoms with Crippen molar-refractivity contribution in [1.29, 1.82) is 0 Å². The Labute approximate surface area is 319 Å². The molecule has 54 heavy (non-hydrogen) atoms. The van der Waals surface area contributed by atoms with E-state index in [-0.39, 0.29) is 5.92 Å². The van der Waals surface area contributed by atoms with Crippen LogP contribution in [0.4, 0.5) is 0 Å². The van der Waals surface area contributed by atoms with E-state index in [9.17, 15) is 0 Å². The van der Waals surface area contributed by atoms with Gasteiger partial charge in [0, 0.05) is 22.9 Å². The molecule has 1 heterocycles. The minimum Gasteiger partial charge on any atom is -0.398 e. The molecule has 7 aromatic rings. The lowest BCUT2D eigenvalue weighted by molar-refractivity contribution is 0.820. The van der Waals surface area contributed by atoms with Gasteiger partial charge in [0.15, 0.2) is 0 Å². The predicted molar refractivity (Wildman–Crippen MR) is 228 cm³/mol. The second-order valence-electron chi connectivity index (χ2n) is 13.7. The van der Waals surface area contributed by atoms with Gasteiger partial charge < -0.3 is 5.73 Å². The molecule has 260 valence electrons. The Hall–Kier alpha value is -6.77. The van der Waals surface area contributed by atoms with Crippen LogP contribution in [-0.4, -0.2) is 4.98 Å². The van der Waals surface area contributed by atoms with Gasteiger partial charge in [0.2, 0.25) is 0 Å². The molecule has 2 nitrogen and oxygen atoms in total. The average molecular weight is 695 g/mol. The molecule has 1 aliphatic carbocycles. The fraction of sp³-hybridized carbons (Fsp3) is 0.0577. The standard InChI is InChI=1S/C52H42N2/c53-50(43-18-9-3-10-19-43)35-48(29-26-38-24-27-41(28-25-38)39-14-5-1-6-15-39)46-22-13-23-47(34-46)49-36-51(44-20-11-4-12-21-44)54-52(37-49)45-32-30-42(31-33-45)40-16-7-2-8-17-40/h1-25,27-32,34-37,45H,26,33,53H2/b48-29+,50-35-. The van der Waals surface area contributed by atoms with Crippen molar-refractivity contribution in [2.45, 2.75) is 18.8 Å². The molecule has 1 aliphatic rings. The fourth-order valence-electron chi connectivity index (χ4n) is 7.06. The summed E-state index contributed by atoms with van der Waals surface area (Å²) < 4.78 is 0. The zero-order chi connectivity index (χ0) is 36.5. The summed E-state index contributed by atoms with van der Waals surface area (Å²) in [5.74, 6) is 0.181. The van der Waals surface area contributed by atoms with Crippen molar-refractivity contribution < 1.29 is 0 Å². The molecule has 1 aromatic heterocycles. The summed E-state index contributed by atoms with van der Waals surface area (Å²) in [6.07, 6.45) is 13.0. The van der Waals surface area contributed by atoms with Gasteiger partial charge in [0.25, 0.3) is 0 Å². The maximum Gasteiger partial charge on any atom is 0.0711 e. The quantitative estimate of drug-likeness (QED) is 0.145. The normalized spacial score (nSPS) is 14.4. The zero-order valence-electron chi connectivity index (χ0n) is 30.2.